The van der Waals surface area contributed by atoms with Crippen LogP contribution < -0.4 is 5.32 Å². The maximum Gasteiger partial charge on any atom is 0.122 e. The van der Waals surface area contributed by atoms with Gasteiger partial charge < -0.3 is 9.73 Å². The molecule has 0 radical (unpaired) electrons. The zero-order valence-corrected chi connectivity index (χ0v) is 12.8. The molecule has 1 fully saturated rings. The van der Waals surface area contributed by atoms with E-state index in [0.717, 1.165) is 37.2 Å². The van der Waals surface area contributed by atoms with Crippen LogP contribution in [-0.2, 0) is 13.1 Å². The van der Waals surface area contributed by atoms with Gasteiger partial charge in [-0.05, 0) is 43.8 Å². The Balaban J connectivity index is 1.77. The van der Waals surface area contributed by atoms with Crippen molar-refractivity contribution in [2.45, 2.75) is 40.3 Å². The molecule has 1 heterocycles. The average Bonchev–Trinajstić information content (AvgIpc) is 2.84. The van der Waals surface area contributed by atoms with E-state index in [4.69, 9.17) is 4.42 Å². The Kier molecular flexibility index (Phi) is 5.06. The first-order valence-corrected chi connectivity index (χ1v) is 7.50. The van der Waals surface area contributed by atoms with Crippen molar-refractivity contribution in [3.05, 3.63) is 23.7 Å². The van der Waals surface area contributed by atoms with Crippen LogP contribution in [0.3, 0.4) is 0 Å². The predicted octanol–water partition coefficient (Wildman–Crippen LogP) is 3.11. The molecule has 0 amide bonds. The third-order valence-corrected chi connectivity index (χ3v) is 3.94. The van der Waals surface area contributed by atoms with Gasteiger partial charge in [-0.2, -0.15) is 0 Å². The molecule has 0 bridgehead atoms. The molecule has 108 valence electrons. The normalized spacial score (nSPS) is 22.4. The van der Waals surface area contributed by atoms with Gasteiger partial charge in [-0.3, -0.25) is 4.90 Å². The molecule has 1 aromatic rings. The van der Waals surface area contributed by atoms with E-state index < -0.39 is 0 Å². The van der Waals surface area contributed by atoms with Crippen molar-refractivity contribution in [2.24, 2.45) is 17.8 Å². The molecule has 0 spiro atoms. The zero-order chi connectivity index (χ0) is 13.8. The summed E-state index contributed by atoms with van der Waals surface area (Å²) in [5.41, 5.74) is 1.30. The van der Waals surface area contributed by atoms with E-state index in [1.807, 2.05) is 6.26 Å². The van der Waals surface area contributed by atoms with Crippen LogP contribution in [0.2, 0.25) is 0 Å². The van der Waals surface area contributed by atoms with Gasteiger partial charge >= 0.3 is 0 Å². The summed E-state index contributed by atoms with van der Waals surface area (Å²) in [6.45, 7) is 10.9. The Morgan fingerprint density at radius 1 is 1.47 bits per heavy atom. The maximum atomic E-state index is 5.64. The summed E-state index contributed by atoms with van der Waals surface area (Å²) in [7, 11) is 2.19. The molecule has 1 aromatic heterocycles. The lowest BCUT2D eigenvalue weighted by molar-refractivity contribution is 0.278. The van der Waals surface area contributed by atoms with Gasteiger partial charge in [0.15, 0.2) is 0 Å². The lowest BCUT2D eigenvalue weighted by atomic mass is 10.2. The highest BCUT2D eigenvalue weighted by atomic mass is 16.3. The summed E-state index contributed by atoms with van der Waals surface area (Å²) < 4.78 is 5.64. The number of nitrogens with one attached hydrogen (secondary N) is 1. The highest BCUT2D eigenvalue weighted by molar-refractivity contribution is 5.16. The van der Waals surface area contributed by atoms with Gasteiger partial charge in [-0.25, -0.2) is 0 Å². The molecule has 1 aliphatic rings. The molecular formula is C16H28N2O. The highest BCUT2D eigenvalue weighted by Crippen LogP contribution is 2.38. The van der Waals surface area contributed by atoms with Crippen molar-refractivity contribution in [1.29, 1.82) is 0 Å². The first-order chi connectivity index (χ1) is 9.06. The summed E-state index contributed by atoms with van der Waals surface area (Å²) in [6, 6.07) is 2.09. The quantitative estimate of drug-likeness (QED) is 0.782. The van der Waals surface area contributed by atoms with Gasteiger partial charge in [0, 0.05) is 18.7 Å². The average molecular weight is 264 g/mol. The standard InChI is InChI=1S/C16H28N2O/c1-12(2)8-17-9-14-5-6-19-16(14)11-18(4)10-15-7-13(15)3/h5-6,12-13,15,17H,7-11H2,1-4H3. The number of rotatable bonds is 8. The van der Waals surface area contributed by atoms with Crippen LogP contribution in [0.15, 0.2) is 16.7 Å². The first kappa shape index (κ1) is 14.6. The Morgan fingerprint density at radius 2 is 2.21 bits per heavy atom. The van der Waals surface area contributed by atoms with E-state index in [2.05, 4.69) is 44.1 Å². The van der Waals surface area contributed by atoms with Gasteiger partial charge in [0.1, 0.15) is 5.76 Å². The van der Waals surface area contributed by atoms with E-state index in [9.17, 15) is 0 Å². The van der Waals surface area contributed by atoms with Crippen LogP contribution in [0.25, 0.3) is 0 Å². The molecule has 0 saturated heterocycles. The third kappa shape index (κ3) is 4.66. The first-order valence-electron chi connectivity index (χ1n) is 7.50. The monoisotopic (exact) mass is 264 g/mol. The molecule has 2 rings (SSSR count). The lowest BCUT2D eigenvalue weighted by Crippen LogP contribution is -2.23. The molecule has 1 aliphatic carbocycles. The van der Waals surface area contributed by atoms with E-state index in [1.165, 1.54) is 18.5 Å². The predicted molar refractivity (Wildman–Crippen MR) is 78.9 cm³/mol. The smallest absolute Gasteiger partial charge is 0.122 e. The van der Waals surface area contributed by atoms with Crippen molar-refractivity contribution in [3.63, 3.8) is 0 Å². The summed E-state index contributed by atoms with van der Waals surface area (Å²) in [5.74, 6) is 3.63. The van der Waals surface area contributed by atoms with Gasteiger partial charge in [-0.1, -0.05) is 20.8 Å². The Labute approximate surface area is 117 Å². The topological polar surface area (TPSA) is 28.4 Å². The number of hydrogen-bond donors (Lipinski definition) is 1. The van der Waals surface area contributed by atoms with Crippen LogP contribution in [-0.4, -0.2) is 25.0 Å². The second kappa shape index (κ2) is 6.58. The third-order valence-electron chi connectivity index (χ3n) is 3.94. The minimum Gasteiger partial charge on any atom is -0.468 e. The minimum atomic E-state index is 0.689. The molecular weight excluding hydrogens is 236 g/mol. The van der Waals surface area contributed by atoms with Crippen LogP contribution >= 0.6 is 0 Å². The van der Waals surface area contributed by atoms with Gasteiger partial charge in [0.05, 0.1) is 12.8 Å². The van der Waals surface area contributed by atoms with Crippen molar-refractivity contribution < 1.29 is 4.42 Å². The van der Waals surface area contributed by atoms with Crippen molar-refractivity contribution in [3.8, 4) is 0 Å². The van der Waals surface area contributed by atoms with E-state index >= 15 is 0 Å². The SMILES string of the molecule is CC(C)CNCc1ccoc1CN(C)CC1CC1C. The largest absolute Gasteiger partial charge is 0.468 e. The van der Waals surface area contributed by atoms with Gasteiger partial charge in [-0.15, -0.1) is 0 Å². The number of nitrogens with zero attached hydrogens (tertiary/aromatic N) is 1. The molecule has 2 unspecified atom stereocenters. The summed E-state index contributed by atoms with van der Waals surface area (Å²) in [4.78, 5) is 2.39. The van der Waals surface area contributed by atoms with Gasteiger partial charge in [0.2, 0.25) is 0 Å². The van der Waals surface area contributed by atoms with E-state index in [1.54, 1.807) is 0 Å². The summed E-state index contributed by atoms with van der Waals surface area (Å²) in [6.07, 6.45) is 3.21. The van der Waals surface area contributed by atoms with Crippen LogP contribution in [0, 0.1) is 17.8 Å². The summed E-state index contributed by atoms with van der Waals surface area (Å²) in [5, 5.41) is 3.48. The summed E-state index contributed by atoms with van der Waals surface area (Å²) >= 11 is 0. The zero-order valence-electron chi connectivity index (χ0n) is 12.8. The van der Waals surface area contributed by atoms with Crippen LogP contribution in [0.5, 0.6) is 0 Å². The number of hydrogen-bond acceptors (Lipinski definition) is 3. The molecule has 1 N–H and O–H groups in total. The molecule has 3 heteroatoms. The van der Waals surface area contributed by atoms with Crippen LogP contribution in [0.4, 0.5) is 0 Å². The molecule has 19 heavy (non-hydrogen) atoms. The maximum absolute atomic E-state index is 5.64. The van der Waals surface area contributed by atoms with Crippen molar-refractivity contribution in [1.82, 2.24) is 10.2 Å². The fraction of sp³-hybridized carbons (Fsp3) is 0.750. The lowest BCUT2D eigenvalue weighted by Gasteiger charge is -2.16. The molecule has 2 atom stereocenters. The molecule has 1 saturated carbocycles. The van der Waals surface area contributed by atoms with Crippen molar-refractivity contribution in [2.75, 3.05) is 20.1 Å². The fourth-order valence-electron chi connectivity index (χ4n) is 2.52. The van der Waals surface area contributed by atoms with E-state index in [-0.39, 0.29) is 0 Å². The second-order valence-electron chi connectivity index (χ2n) is 6.56. The van der Waals surface area contributed by atoms with Crippen molar-refractivity contribution >= 4 is 0 Å². The highest BCUT2D eigenvalue weighted by Gasteiger charge is 2.33. The number of furan rings is 1. The van der Waals surface area contributed by atoms with Gasteiger partial charge in [0.25, 0.3) is 0 Å². The van der Waals surface area contributed by atoms with E-state index in [0.29, 0.717) is 5.92 Å². The molecule has 0 aliphatic heterocycles. The molecule has 3 nitrogen and oxygen atoms in total. The Hall–Kier alpha value is -0.800. The second-order valence-corrected chi connectivity index (χ2v) is 6.56. The molecule has 0 aromatic carbocycles. The Morgan fingerprint density at radius 3 is 2.84 bits per heavy atom. The fourth-order valence-corrected chi connectivity index (χ4v) is 2.52. The minimum absolute atomic E-state index is 0.689. The van der Waals surface area contributed by atoms with Crippen LogP contribution in [0.1, 0.15) is 38.5 Å². The Bertz CT molecular complexity index is 386.